The summed E-state index contributed by atoms with van der Waals surface area (Å²) in [6.45, 7) is 0.385. The van der Waals surface area contributed by atoms with Gasteiger partial charge in [-0.15, -0.1) is 0 Å². The fourth-order valence-corrected chi connectivity index (χ4v) is 2.31. The van der Waals surface area contributed by atoms with E-state index in [1.165, 1.54) is 18.2 Å². The van der Waals surface area contributed by atoms with E-state index in [9.17, 15) is 13.6 Å². The van der Waals surface area contributed by atoms with Crippen LogP contribution in [0.2, 0.25) is 0 Å². The Labute approximate surface area is 109 Å². The highest BCUT2D eigenvalue weighted by Crippen LogP contribution is 2.23. The van der Waals surface area contributed by atoms with Crippen molar-refractivity contribution in [3.8, 4) is 6.07 Å². The van der Waals surface area contributed by atoms with Crippen LogP contribution in [0.1, 0.15) is 17.5 Å². The molecule has 4 nitrogen and oxygen atoms in total. The van der Waals surface area contributed by atoms with Gasteiger partial charge in [0, 0.05) is 19.5 Å². The maximum Gasteiger partial charge on any atom is 0.234 e. The van der Waals surface area contributed by atoms with Crippen molar-refractivity contribution in [2.24, 2.45) is 5.73 Å². The van der Waals surface area contributed by atoms with Crippen LogP contribution in [0.15, 0.2) is 18.2 Å². The average molecular weight is 265 g/mol. The topological polar surface area (TPSA) is 70.1 Å². The van der Waals surface area contributed by atoms with E-state index in [4.69, 9.17) is 11.0 Å². The van der Waals surface area contributed by atoms with Crippen LogP contribution in [-0.4, -0.2) is 29.6 Å². The minimum Gasteiger partial charge on any atom is -0.368 e. The molecular formula is C13H13F2N3O. The van der Waals surface area contributed by atoms with Crippen LogP contribution in [0.5, 0.6) is 0 Å². The fourth-order valence-electron chi connectivity index (χ4n) is 2.31. The predicted octanol–water partition coefficient (Wildman–Crippen LogP) is 1.10. The number of amides is 1. The maximum atomic E-state index is 13.3. The highest BCUT2D eigenvalue weighted by Gasteiger charge is 2.35. The van der Waals surface area contributed by atoms with Crippen molar-refractivity contribution >= 4 is 5.91 Å². The smallest absolute Gasteiger partial charge is 0.234 e. The number of carbonyl (C=O) groups excluding carboxylic acids is 1. The highest BCUT2D eigenvalue weighted by atomic mass is 19.1. The number of halogens is 2. The number of hydrogen-bond acceptors (Lipinski definition) is 3. The lowest BCUT2D eigenvalue weighted by Crippen LogP contribution is -2.39. The molecule has 0 unspecified atom stereocenters. The first kappa shape index (κ1) is 13.4. The molecule has 2 N–H and O–H groups in total. The van der Waals surface area contributed by atoms with E-state index in [1.54, 1.807) is 11.0 Å². The number of alkyl halides is 1. The number of hydrogen-bond donors (Lipinski definition) is 1. The number of primary amides is 1. The summed E-state index contributed by atoms with van der Waals surface area (Å²) in [6.07, 6.45) is -1.00. The fraction of sp³-hybridized carbons (Fsp3) is 0.385. The molecule has 1 heterocycles. The first-order valence-corrected chi connectivity index (χ1v) is 5.87. The predicted molar refractivity (Wildman–Crippen MR) is 64.0 cm³/mol. The van der Waals surface area contributed by atoms with E-state index >= 15 is 0 Å². The molecule has 6 heteroatoms. The van der Waals surface area contributed by atoms with Gasteiger partial charge in [-0.05, 0) is 17.7 Å². The van der Waals surface area contributed by atoms with Gasteiger partial charge in [-0.3, -0.25) is 9.69 Å². The van der Waals surface area contributed by atoms with Crippen molar-refractivity contribution in [1.82, 2.24) is 4.90 Å². The second-order valence-electron chi connectivity index (χ2n) is 4.61. The lowest BCUT2D eigenvalue weighted by atomic mass is 10.1. The summed E-state index contributed by atoms with van der Waals surface area (Å²) < 4.78 is 26.5. The SMILES string of the molecule is N#Cc1cc(CN2C[C@H](F)C[C@H]2C(N)=O)ccc1F. The third kappa shape index (κ3) is 2.88. The van der Waals surface area contributed by atoms with E-state index < -0.39 is 23.9 Å². The maximum absolute atomic E-state index is 13.3. The third-order valence-electron chi connectivity index (χ3n) is 3.22. The summed E-state index contributed by atoms with van der Waals surface area (Å²) in [5.74, 6) is -1.16. The largest absolute Gasteiger partial charge is 0.368 e. The number of benzene rings is 1. The zero-order valence-corrected chi connectivity index (χ0v) is 10.1. The number of carbonyl (C=O) groups is 1. The summed E-state index contributed by atoms with van der Waals surface area (Å²) in [4.78, 5) is 12.8. The Kier molecular flexibility index (Phi) is 3.76. The monoisotopic (exact) mass is 265 g/mol. The number of nitrogens with two attached hydrogens (primary N) is 1. The van der Waals surface area contributed by atoms with Crippen molar-refractivity contribution < 1.29 is 13.6 Å². The molecule has 0 bridgehead atoms. The molecule has 1 aromatic rings. The van der Waals surface area contributed by atoms with Crippen LogP contribution in [0.3, 0.4) is 0 Å². The second kappa shape index (κ2) is 5.33. The molecule has 1 aromatic carbocycles. The van der Waals surface area contributed by atoms with Crippen molar-refractivity contribution in [2.45, 2.75) is 25.2 Å². The minimum absolute atomic E-state index is 0.0656. The number of likely N-dealkylation sites (tertiary alicyclic amines) is 1. The number of nitrogens with zero attached hydrogens (tertiary/aromatic N) is 2. The van der Waals surface area contributed by atoms with Gasteiger partial charge in [0.05, 0.1) is 11.6 Å². The van der Waals surface area contributed by atoms with Gasteiger partial charge in [0.25, 0.3) is 0 Å². The van der Waals surface area contributed by atoms with Crippen molar-refractivity contribution in [2.75, 3.05) is 6.54 Å². The van der Waals surface area contributed by atoms with Gasteiger partial charge >= 0.3 is 0 Å². The van der Waals surface area contributed by atoms with Crippen LogP contribution < -0.4 is 5.73 Å². The molecule has 1 fully saturated rings. The number of rotatable bonds is 3. The van der Waals surface area contributed by atoms with Crippen LogP contribution in [0, 0.1) is 17.1 Å². The summed E-state index contributed by atoms with van der Waals surface area (Å²) in [5.41, 5.74) is 5.81. The van der Waals surface area contributed by atoms with Crippen LogP contribution >= 0.6 is 0 Å². The normalized spacial score (nSPS) is 23.2. The van der Waals surface area contributed by atoms with Gasteiger partial charge in [-0.2, -0.15) is 5.26 Å². The lowest BCUT2D eigenvalue weighted by molar-refractivity contribution is -0.122. The van der Waals surface area contributed by atoms with E-state index in [-0.39, 0.29) is 25.1 Å². The van der Waals surface area contributed by atoms with E-state index in [1.807, 2.05) is 0 Å². The molecule has 100 valence electrons. The molecule has 0 spiro atoms. The second-order valence-corrected chi connectivity index (χ2v) is 4.61. The van der Waals surface area contributed by atoms with E-state index in [0.717, 1.165) is 0 Å². The van der Waals surface area contributed by atoms with Crippen molar-refractivity contribution in [1.29, 1.82) is 5.26 Å². The standard InChI is InChI=1S/C13H13F2N3O/c14-10-4-12(13(17)19)18(7-10)6-8-1-2-11(15)9(3-8)5-16/h1-3,10,12H,4,6-7H2,(H2,17,19)/t10-,12+/m1/s1. The molecule has 0 aliphatic carbocycles. The number of nitriles is 1. The summed E-state index contributed by atoms with van der Waals surface area (Å²) in [6, 6.07) is 5.20. The zero-order chi connectivity index (χ0) is 14.0. The van der Waals surface area contributed by atoms with Gasteiger partial charge in [0.15, 0.2) is 0 Å². The van der Waals surface area contributed by atoms with E-state index in [2.05, 4.69) is 0 Å². The van der Waals surface area contributed by atoms with Gasteiger partial charge in [-0.25, -0.2) is 8.78 Å². The van der Waals surface area contributed by atoms with E-state index in [0.29, 0.717) is 5.56 Å². The molecular weight excluding hydrogens is 252 g/mol. The molecule has 1 saturated heterocycles. The molecule has 19 heavy (non-hydrogen) atoms. The Hall–Kier alpha value is -2.00. The Morgan fingerprint density at radius 3 is 2.95 bits per heavy atom. The first-order valence-electron chi connectivity index (χ1n) is 5.87. The molecule has 1 amide bonds. The van der Waals surface area contributed by atoms with Crippen LogP contribution in [-0.2, 0) is 11.3 Å². The lowest BCUT2D eigenvalue weighted by Gasteiger charge is -2.21. The Bertz CT molecular complexity index is 541. The zero-order valence-electron chi connectivity index (χ0n) is 10.1. The third-order valence-corrected chi connectivity index (χ3v) is 3.22. The Morgan fingerprint density at radius 1 is 1.58 bits per heavy atom. The Morgan fingerprint density at radius 2 is 2.32 bits per heavy atom. The highest BCUT2D eigenvalue weighted by molar-refractivity contribution is 5.80. The van der Waals surface area contributed by atoms with Gasteiger partial charge in [0.2, 0.25) is 5.91 Å². The average Bonchev–Trinajstić information content (AvgIpc) is 2.73. The molecule has 0 saturated carbocycles. The first-order chi connectivity index (χ1) is 9.01. The molecule has 2 rings (SSSR count). The van der Waals surface area contributed by atoms with Crippen LogP contribution in [0.4, 0.5) is 8.78 Å². The Balaban J connectivity index is 2.17. The van der Waals surface area contributed by atoms with Crippen LogP contribution in [0.25, 0.3) is 0 Å². The van der Waals surface area contributed by atoms with Crippen molar-refractivity contribution in [3.05, 3.63) is 35.1 Å². The minimum atomic E-state index is -1.09. The molecule has 2 atom stereocenters. The summed E-state index contributed by atoms with van der Waals surface area (Å²) in [5, 5.41) is 8.75. The molecule has 1 aliphatic heterocycles. The summed E-state index contributed by atoms with van der Waals surface area (Å²) >= 11 is 0. The quantitative estimate of drug-likeness (QED) is 0.889. The molecule has 0 aromatic heterocycles. The molecule has 0 radical (unpaired) electrons. The van der Waals surface area contributed by atoms with Gasteiger partial charge < -0.3 is 5.73 Å². The van der Waals surface area contributed by atoms with Gasteiger partial charge in [-0.1, -0.05) is 6.07 Å². The van der Waals surface area contributed by atoms with Gasteiger partial charge in [0.1, 0.15) is 18.1 Å². The molecule has 1 aliphatic rings. The summed E-state index contributed by atoms with van der Waals surface area (Å²) in [7, 11) is 0. The van der Waals surface area contributed by atoms with Crippen molar-refractivity contribution in [3.63, 3.8) is 0 Å².